The van der Waals surface area contributed by atoms with Crippen molar-refractivity contribution in [1.29, 1.82) is 0 Å². The van der Waals surface area contributed by atoms with Crippen LogP contribution in [0.3, 0.4) is 0 Å². The van der Waals surface area contributed by atoms with Gasteiger partial charge in [0, 0.05) is 18.7 Å². The third-order valence-corrected chi connectivity index (χ3v) is 5.38. The molecular weight excluding hydrogens is 304 g/mol. The first kappa shape index (κ1) is 14.4. The van der Waals surface area contributed by atoms with Crippen LogP contribution in [0.4, 0.5) is 17.1 Å². The first-order valence-corrected chi connectivity index (χ1v) is 8.78. The largest absolute Gasteiger partial charge is 0.351 e. The van der Waals surface area contributed by atoms with Gasteiger partial charge in [0.2, 0.25) is 0 Å². The number of hydrogen-bond donors (Lipinski definition) is 0. The molecule has 0 fully saturated rings. The van der Waals surface area contributed by atoms with Crippen molar-refractivity contribution < 1.29 is 0 Å². The fourth-order valence-electron chi connectivity index (χ4n) is 4.24. The number of hydrogen-bond acceptors (Lipinski definition) is 2. The number of fused-ring (bicyclic) bond motifs is 2. The van der Waals surface area contributed by atoms with Crippen molar-refractivity contribution in [1.82, 2.24) is 0 Å². The van der Waals surface area contributed by atoms with Gasteiger partial charge in [-0.25, -0.2) is 0 Å². The predicted octanol–water partition coefficient (Wildman–Crippen LogP) is 5.41. The summed E-state index contributed by atoms with van der Waals surface area (Å²) in [4.78, 5) is 4.89. The molecule has 25 heavy (non-hydrogen) atoms. The second-order valence-corrected chi connectivity index (χ2v) is 6.73. The van der Waals surface area contributed by atoms with Gasteiger partial charge in [0.15, 0.2) is 0 Å². The van der Waals surface area contributed by atoms with Gasteiger partial charge in [0.1, 0.15) is 6.17 Å². The first-order valence-electron chi connectivity index (χ1n) is 8.78. The lowest BCUT2D eigenvalue weighted by Gasteiger charge is -2.35. The molecule has 1 heterocycles. The number of nitrogens with zero attached hydrogens (tertiary/aromatic N) is 2. The van der Waals surface area contributed by atoms with E-state index < -0.39 is 0 Å². The van der Waals surface area contributed by atoms with E-state index in [1.807, 2.05) is 0 Å². The van der Waals surface area contributed by atoms with Gasteiger partial charge in [-0.1, -0.05) is 66.7 Å². The molecule has 2 aliphatic rings. The molecule has 0 saturated heterocycles. The van der Waals surface area contributed by atoms with Gasteiger partial charge in [-0.3, -0.25) is 0 Å². The molecule has 0 spiro atoms. The summed E-state index contributed by atoms with van der Waals surface area (Å²) < 4.78 is 0. The number of anilines is 3. The van der Waals surface area contributed by atoms with E-state index in [0.717, 1.165) is 0 Å². The summed E-state index contributed by atoms with van der Waals surface area (Å²) in [7, 11) is 2.21. The SMILES string of the molecule is CN1c2ccccc2N(c2ccccc2)C1C1C=Cc2ccccc21. The van der Waals surface area contributed by atoms with Crippen molar-refractivity contribution in [2.45, 2.75) is 12.1 Å². The lowest BCUT2D eigenvalue weighted by atomic mass is 9.96. The van der Waals surface area contributed by atoms with Crippen LogP contribution in [-0.2, 0) is 0 Å². The Morgan fingerprint density at radius 2 is 1.40 bits per heavy atom. The van der Waals surface area contributed by atoms with Gasteiger partial charge < -0.3 is 9.80 Å². The number of rotatable bonds is 2. The Bertz CT molecular complexity index is 945. The van der Waals surface area contributed by atoms with Crippen LogP contribution < -0.4 is 9.80 Å². The van der Waals surface area contributed by atoms with Crippen LogP contribution >= 0.6 is 0 Å². The van der Waals surface area contributed by atoms with Gasteiger partial charge in [-0.05, 0) is 35.4 Å². The highest BCUT2D eigenvalue weighted by molar-refractivity contribution is 5.84. The van der Waals surface area contributed by atoms with Crippen LogP contribution in [0.5, 0.6) is 0 Å². The van der Waals surface area contributed by atoms with Crippen LogP contribution in [0.15, 0.2) is 84.9 Å². The van der Waals surface area contributed by atoms with Crippen molar-refractivity contribution >= 4 is 23.1 Å². The quantitative estimate of drug-likeness (QED) is 0.622. The summed E-state index contributed by atoms with van der Waals surface area (Å²) in [6.07, 6.45) is 4.85. The molecule has 2 atom stereocenters. The molecular formula is C23H20N2. The maximum atomic E-state index is 2.48. The minimum absolute atomic E-state index is 0.236. The van der Waals surface area contributed by atoms with Crippen LogP contribution in [-0.4, -0.2) is 13.2 Å². The van der Waals surface area contributed by atoms with Crippen molar-refractivity contribution in [3.8, 4) is 0 Å². The Hall–Kier alpha value is -3.00. The molecule has 2 heteroatoms. The van der Waals surface area contributed by atoms with Crippen molar-refractivity contribution in [2.75, 3.05) is 16.8 Å². The van der Waals surface area contributed by atoms with Crippen molar-refractivity contribution in [2.24, 2.45) is 0 Å². The summed E-state index contributed by atoms with van der Waals surface area (Å²) >= 11 is 0. The zero-order valence-corrected chi connectivity index (χ0v) is 14.2. The van der Waals surface area contributed by atoms with Gasteiger partial charge in [-0.2, -0.15) is 0 Å². The van der Waals surface area contributed by atoms with E-state index in [4.69, 9.17) is 0 Å². The molecule has 1 aliphatic heterocycles. The van der Waals surface area contributed by atoms with E-state index in [1.165, 1.54) is 28.2 Å². The van der Waals surface area contributed by atoms with E-state index in [1.54, 1.807) is 0 Å². The highest BCUT2D eigenvalue weighted by atomic mass is 15.4. The van der Waals surface area contributed by atoms with Crippen LogP contribution in [0.25, 0.3) is 6.08 Å². The topological polar surface area (TPSA) is 6.48 Å². The molecule has 0 radical (unpaired) electrons. The van der Waals surface area contributed by atoms with E-state index in [-0.39, 0.29) is 6.17 Å². The summed E-state index contributed by atoms with van der Waals surface area (Å²) in [5, 5.41) is 0. The van der Waals surface area contributed by atoms with Gasteiger partial charge >= 0.3 is 0 Å². The zero-order chi connectivity index (χ0) is 16.8. The predicted molar refractivity (Wildman–Crippen MR) is 105 cm³/mol. The fraction of sp³-hybridized carbons (Fsp3) is 0.130. The van der Waals surface area contributed by atoms with E-state index in [0.29, 0.717) is 5.92 Å². The molecule has 2 unspecified atom stereocenters. The molecule has 122 valence electrons. The fourth-order valence-corrected chi connectivity index (χ4v) is 4.24. The summed E-state index contributed by atoms with van der Waals surface area (Å²) in [5.41, 5.74) is 6.55. The van der Waals surface area contributed by atoms with Crippen molar-refractivity contribution in [3.05, 3.63) is 96.1 Å². The van der Waals surface area contributed by atoms with Gasteiger partial charge in [-0.15, -0.1) is 0 Å². The molecule has 2 nitrogen and oxygen atoms in total. The Balaban J connectivity index is 1.67. The lowest BCUT2D eigenvalue weighted by molar-refractivity contribution is 0.611. The molecule has 0 saturated carbocycles. The average molecular weight is 324 g/mol. The molecule has 1 aliphatic carbocycles. The number of para-hydroxylation sites is 3. The minimum Gasteiger partial charge on any atom is -0.351 e. The molecule has 0 aromatic heterocycles. The minimum atomic E-state index is 0.236. The van der Waals surface area contributed by atoms with Gasteiger partial charge in [0.05, 0.1) is 11.4 Å². The molecule has 0 amide bonds. The zero-order valence-electron chi connectivity index (χ0n) is 14.2. The average Bonchev–Trinajstić information content (AvgIpc) is 3.22. The molecule has 0 N–H and O–H groups in total. The Morgan fingerprint density at radius 3 is 2.24 bits per heavy atom. The summed E-state index contributed by atoms with van der Waals surface area (Å²) in [6.45, 7) is 0. The summed E-state index contributed by atoms with van der Waals surface area (Å²) in [6, 6.07) is 28.2. The lowest BCUT2D eigenvalue weighted by Crippen LogP contribution is -2.42. The maximum absolute atomic E-state index is 2.48. The smallest absolute Gasteiger partial charge is 0.117 e. The highest BCUT2D eigenvalue weighted by Crippen LogP contribution is 2.49. The molecule has 5 rings (SSSR count). The Morgan fingerprint density at radius 1 is 0.720 bits per heavy atom. The second kappa shape index (κ2) is 5.52. The number of likely N-dealkylation sites (N-methyl/N-ethyl adjacent to an activating group) is 1. The monoisotopic (exact) mass is 324 g/mol. The normalized spacial score (nSPS) is 20.7. The third kappa shape index (κ3) is 2.11. The van der Waals surface area contributed by atoms with Crippen LogP contribution in [0.1, 0.15) is 17.0 Å². The Kier molecular flexibility index (Phi) is 3.17. The number of benzene rings is 3. The van der Waals surface area contributed by atoms with E-state index >= 15 is 0 Å². The van der Waals surface area contributed by atoms with E-state index in [2.05, 4.69) is 108 Å². The Labute approximate surface area is 148 Å². The molecule has 3 aromatic rings. The first-order chi connectivity index (χ1) is 12.3. The standard InChI is InChI=1S/C23H20N2/c1-24-21-13-7-8-14-22(21)25(18-10-3-2-4-11-18)23(24)20-16-15-17-9-5-6-12-19(17)20/h2-16,20,23H,1H3. The third-order valence-electron chi connectivity index (χ3n) is 5.38. The van der Waals surface area contributed by atoms with Gasteiger partial charge in [0.25, 0.3) is 0 Å². The highest BCUT2D eigenvalue weighted by Gasteiger charge is 2.40. The van der Waals surface area contributed by atoms with Crippen molar-refractivity contribution in [3.63, 3.8) is 0 Å². The maximum Gasteiger partial charge on any atom is 0.117 e. The second-order valence-electron chi connectivity index (χ2n) is 6.73. The molecule has 3 aromatic carbocycles. The summed E-state index contributed by atoms with van der Waals surface area (Å²) in [5.74, 6) is 0.341. The van der Waals surface area contributed by atoms with Crippen LogP contribution in [0, 0.1) is 0 Å². The molecule has 0 bridgehead atoms. The van der Waals surface area contributed by atoms with Crippen LogP contribution in [0.2, 0.25) is 0 Å². The van der Waals surface area contributed by atoms with E-state index in [9.17, 15) is 0 Å².